The van der Waals surface area contributed by atoms with Gasteiger partial charge in [-0.2, -0.15) is 13.2 Å². The van der Waals surface area contributed by atoms with Crippen molar-refractivity contribution in [3.63, 3.8) is 0 Å². The summed E-state index contributed by atoms with van der Waals surface area (Å²) < 4.78 is 37.9. The molecule has 0 spiro atoms. The van der Waals surface area contributed by atoms with Crippen molar-refractivity contribution in [1.29, 1.82) is 0 Å². The van der Waals surface area contributed by atoms with Gasteiger partial charge in [0.05, 0.1) is 5.39 Å². The molecular weight excluding hydrogens is 409 g/mol. The van der Waals surface area contributed by atoms with Crippen molar-refractivity contribution in [2.45, 2.75) is 50.4 Å². The Morgan fingerprint density at radius 1 is 1.31 bits per heavy atom. The van der Waals surface area contributed by atoms with Gasteiger partial charge in [-0.15, -0.1) is 11.3 Å². The normalized spacial score (nSPS) is 19.7. The average molecular weight is 434 g/mol. The van der Waals surface area contributed by atoms with Crippen molar-refractivity contribution in [2.75, 3.05) is 20.6 Å². The van der Waals surface area contributed by atoms with Crippen LogP contribution in [0.1, 0.15) is 30.6 Å². The van der Waals surface area contributed by atoms with Crippen molar-refractivity contribution < 1.29 is 27.8 Å². The summed E-state index contributed by atoms with van der Waals surface area (Å²) in [4.78, 5) is 22.2. The van der Waals surface area contributed by atoms with E-state index in [9.17, 15) is 13.2 Å². The van der Waals surface area contributed by atoms with Gasteiger partial charge >= 0.3 is 12.1 Å². The number of nitrogens with two attached hydrogens (primary N) is 1. The molecule has 1 aliphatic carbocycles. The Balaban J connectivity index is 0.000000370. The zero-order chi connectivity index (χ0) is 21.6. The zero-order valence-corrected chi connectivity index (χ0v) is 17.1. The van der Waals surface area contributed by atoms with Crippen LogP contribution in [-0.4, -0.2) is 64.9 Å². The number of carboxylic acids is 1. The molecule has 11 heteroatoms. The fourth-order valence-corrected chi connectivity index (χ4v) is 4.08. The maximum Gasteiger partial charge on any atom is 0.490 e. The van der Waals surface area contributed by atoms with Crippen LogP contribution in [0.25, 0.3) is 10.2 Å². The highest BCUT2D eigenvalue weighted by Crippen LogP contribution is 2.32. The predicted octanol–water partition coefficient (Wildman–Crippen LogP) is 3.08. The molecule has 7 nitrogen and oxygen atoms in total. The first-order valence-electron chi connectivity index (χ1n) is 9.18. The lowest BCUT2D eigenvalue weighted by Gasteiger charge is -2.32. The van der Waals surface area contributed by atoms with Gasteiger partial charge in [-0.05, 0) is 58.8 Å². The molecule has 2 aromatic heterocycles. The second-order valence-corrected chi connectivity index (χ2v) is 8.08. The van der Waals surface area contributed by atoms with Crippen molar-refractivity contribution >= 4 is 27.5 Å². The first-order valence-corrected chi connectivity index (χ1v) is 10.00. The minimum Gasteiger partial charge on any atom is -0.475 e. The van der Waals surface area contributed by atoms with E-state index in [1.807, 2.05) is 0 Å². The molecular formula is C18H25F3N4O3S. The number of hydrogen-bond donors (Lipinski definition) is 2. The van der Waals surface area contributed by atoms with Gasteiger partial charge in [0.15, 0.2) is 0 Å². The molecule has 1 saturated carbocycles. The molecule has 1 fully saturated rings. The van der Waals surface area contributed by atoms with Gasteiger partial charge in [-0.25, -0.2) is 14.8 Å². The number of ether oxygens (including phenoxy) is 1. The monoisotopic (exact) mass is 434 g/mol. The molecule has 0 unspecified atom stereocenters. The summed E-state index contributed by atoms with van der Waals surface area (Å²) in [5.74, 6) is -2.02. The van der Waals surface area contributed by atoms with Crippen LogP contribution in [0.3, 0.4) is 0 Å². The van der Waals surface area contributed by atoms with E-state index < -0.39 is 12.1 Å². The van der Waals surface area contributed by atoms with Crippen LogP contribution in [0.4, 0.5) is 13.2 Å². The summed E-state index contributed by atoms with van der Waals surface area (Å²) >= 11 is 1.68. The van der Waals surface area contributed by atoms with Crippen molar-refractivity contribution in [2.24, 2.45) is 5.73 Å². The number of nitrogens with zero attached hydrogens (tertiary/aromatic N) is 3. The molecule has 0 bridgehead atoms. The second kappa shape index (κ2) is 10.2. The van der Waals surface area contributed by atoms with Gasteiger partial charge in [0.1, 0.15) is 17.3 Å². The van der Waals surface area contributed by atoms with Gasteiger partial charge in [0.2, 0.25) is 5.88 Å². The van der Waals surface area contributed by atoms with Crippen molar-refractivity contribution in [1.82, 2.24) is 14.9 Å². The number of aromatic nitrogens is 2. The smallest absolute Gasteiger partial charge is 0.475 e. The number of aliphatic carboxylic acids is 1. The van der Waals surface area contributed by atoms with Gasteiger partial charge in [-0.1, -0.05) is 0 Å². The number of alkyl halides is 3. The summed E-state index contributed by atoms with van der Waals surface area (Å²) in [6.07, 6.45) is 2.23. The number of rotatable bonds is 5. The van der Waals surface area contributed by atoms with Crippen LogP contribution < -0.4 is 10.5 Å². The third kappa shape index (κ3) is 6.79. The van der Waals surface area contributed by atoms with E-state index >= 15 is 0 Å². The lowest BCUT2D eigenvalue weighted by molar-refractivity contribution is -0.192. The summed E-state index contributed by atoms with van der Waals surface area (Å²) in [5.41, 5.74) is 5.64. The largest absolute Gasteiger partial charge is 0.490 e. The van der Waals surface area contributed by atoms with E-state index in [0.717, 1.165) is 35.4 Å². The molecule has 0 amide bonds. The molecule has 0 aliphatic heterocycles. The second-order valence-electron chi connectivity index (χ2n) is 6.96. The third-order valence-corrected chi connectivity index (χ3v) is 5.73. The SMILES string of the molecule is CN(C)C1CCC(Oc2ncnc3sc(CCN)cc23)CC1.O=C(O)C(F)(F)F. The number of carbonyl (C=O) groups is 1. The Morgan fingerprint density at radius 2 is 1.93 bits per heavy atom. The number of carboxylic acid groups (broad SMARTS) is 1. The van der Waals surface area contributed by atoms with Gasteiger partial charge in [-0.3, -0.25) is 0 Å². The summed E-state index contributed by atoms with van der Waals surface area (Å²) in [6, 6.07) is 2.82. The minimum absolute atomic E-state index is 0.271. The Morgan fingerprint density at radius 3 is 2.45 bits per heavy atom. The highest BCUT2D eigenvalue weighted by atomic mass is 32.1. The van der Waals surface area contributed by atoms with Gasteiger partial charge in [0, 0.05) is 10.9 Å². The van der Waals surface area contributed by atoms with Crippen LogP contribution in [0.2, 0.25) is 0 Å². The first kappa shape index (κ1) is 23.3. The Bertz CT molecular complexity index is 805. The van der Waals surface area contributed by atoms with E-state index in [2.05, 4.69) is 35.0 Å². The maximum absolute atomic E-state index is 10.6. The lowest BCUT2D eigenvalue weighted by atomic mass is 9.92. The number of thiophene rings is 1. The lowest BCUT2D eigenvalue weighted by Crippen LogP contribution is -2.35. The van der Waals surface area contributed by atoms with Gasteiger partial charge < -0.3 is 20.5 Å². The Labute approximate surface area is 170 Å². The molecule has 3 rings (SSSR count). The van der Waals surface area contributed by atoms with Crippen LogP contribution in [0.15, 0.2) is 12.4 Å². The molecule has 0 saturated heterocycles. The van der Waals surface area contributed by atoms with Crippen LogP contribution in [0.5, 0.6) is 5.88 Å². The molecule has 0 atom stereocenters. The maximum atomic E-state index is 10.6. The summed E-state index contributed by atoms with van der Waals surface area (Å²) in [7, 11) is 4.31. The Kier molecular flexibility index (Phi) is 8.17. The van der Waals surface area contributed by atoms with Crippen LogP contribution >= 0.6 is 11.3 Å². The summed E-state index contributed by atoms with van der Waals surface area (Å²) in [5, 5.41) is 8.16. The number of fused-ring (bicyclic) bond motifs is 1. The third-order valence-electron chi connectivity index (χ3n) is 4.63. The highest BCUT2D eigenvalue weighted by molar-refractivity contribution is 7.18. The van der Waals surface area contributed by atoms with Crippen molar-refractivity contribution in [3.8, 4) is 5.88 Å². The van der Waals surface area contributed by atoms with Crippen molar-refractivity contribution in [3.05, 3.63) is 17.3 Å². The zero-order valence-electron chi connectivity index (χ0n) is 16.3. The molecule has 0 aromatic carbocycles. The van der Waals surface area contributed by atoms with Crippen LogP contribution in [0, 0.1) is 0 Å². The standard InChI is InChI=1S/C16H24N4OS.C2HF3O2/c1-20(2)11-3-5-12(6-4-11)21-15-14-9-13(7-8-17)22-16(14)19-10-18-15;3-2(4,5)1(6)7/h9-12H,3-8,17H2,1-2H3;(H,6,7). The minimum atomic E-state index is -5.08. The molecule has 1 aliphatic rings. The average Bonchev–Trinajstić information content (AvgIpc) is 3.06. The van der Waals surface area contributed by atoms with Gasteiger partial charge in [0.25, 0.3) is 0 Å². The molecule has 162 valence electrons. The fourth-order valence-electron chi connectivity index (χ4n) is 3.08. The summed E-state index contributed by atoms with van der Waals surface area (Å²) in [6.45, 7) is 0.658. The fraction of sp³-hybridized carbons (Fsp3) is 0.611. The quantitative estimate of drug-likeness (QED) is 0.746. The van der Waals surface area contributed by atoms with E-state index in [4.69, 9.17) is 20.4 Å². The molecule has 0 radical (unpaired) electrons. The Hall–Kier alpha value is -1.98. The molecule has 3 N–H and O–H groups in total. The molecule has 2 aromatic rings. The van der Waals surface area contributed by atoms with E-state index in [0.29, 0.717) is 12.6 Å². The number of halogens is 3. The van der Waals surface area contributed by atoms with E-state index in [1.165, 1.54) is 17.7 Å². The molecule has 29 heavy (non-hydrogen) atoms. The van der Waals surface area contributed by atoms with E-state index in [1.54, 1.807) is 17.7 Å². The molecule has 2 heterocycles. The topological polar surface area (TPSA) is 102 Å². The highest BCUT2D eigenvalue weighted by Gasteiger charge is 2.38. The van der Waals surface area contributed by atoms with E-state index in [-0.39, 0.29) is 6.10 Å². The van der Waals surface area contributed by atoms with Crippen LogP contribution in [-0.2, 0) is 11.2 Å². The number of hydrogen-bond acceptors (Lipinski definition) is 7. The predicted molar refractivity (Wildman–Crippen MR) is 104 cm³/mol. The first-order chi connectivity index (χ1) is 13.6.